The summed E-state index contributed by atoms with van der Waals surface area (Å²) in [5.74, 6) is 0.388. The number of amides is 1. The second-order valence-electron chi connectivity index (χ2n) is 6.98. The molecule has 1 atom stereocenters. The van der Waals surface area contributed by atoms with Crippen molar-refractivity contribution in [3.63, 3.8) is 0 Å². The molecule has 27 heavy (non-hydrogen) atoms. The molecule has 0 bridgehead atoms. The SMILES string of the molecule is CN(C)CCOc1ccccc1CN1CCNC(=O)[C@@H]1c1cccc(F)c1. The molecule has 0 aliphatic carbocycles. The van der Waals surface area contributed by atoms with Gasteiger partial charge in [0.2, 0.25) is 5.91 Å². The summed E-state index contributed by atoms with van der Waals surface area (Å²) >= 11 is 0. The number of rotatable bonds is 7. The van der Waals surface area contributed by atoms with E-state index < -0.39 is 6.04 Å². The smallest absolute Gasteiger partial charge is 0.242 e. The molecular formula is C21H26FN3O2. The topological polar surface area (TPSA) is 44.8 Å². The zero-order valence-electron chi connectivity index (χ0n) is 15.8. The third-order valence-corrected chi connectivity index (χ3v) is 4.62. The monoisotopic (exact) mass is 371 g/mol. The van der Waals surface area contributed by atoms with Crippen molar-refractivity contribution in [1.82, 2.24) is 15.1 Å². The molecule has 0 aromatic heterocycles. The summed E-state index contributed by atoms with van der Waals surface area (Å²) < 4.78 is 19.6. The van der Waals surface area contributed by atoms with Crippen LogP contribution in [0.3, 0.4) is 0 Å². The van der Waals surface area contributed by atoms with Gasteiger partial charge in [-0.15, -0.1) is 0 Å². The van der Waals surface area contributed by atoms with Gasteiger partial charge < -0.3 is 15.0 Å². The van der Waals surface area contributed by atoms with E-state index in [1.54, 1.807) is 12.1 Å². The van der Waals surface area contributed by atoms with Gasteiger partial charge in [0, 0.05) is 31.7 Å². The summed E-state index contributed by atoms with van der Waals surface area (Å²) in [4.78, 5) is 16.7. The van der Waals surface area contributed by atoms with Gasteiger partial charge in [-0.05, 0) is 37.9 Å². The van der Waals surface area contributed by atoms with Crippen LogP contribution in [0.15, 0.2) is 48.5 Å². The van der Waals surface area contributed by atoms with Gasteiger partial charge >= 0.3 is 0 Å². The molecule has 1 saturated heterocycles. The standard InChI is InChI=1S/C21H26FN3O2/c1-24(2)12-13-27-19-9-4-3-6-17(19)15-25-11-10-23-21(26)20(25)16-7-5-8-18(22)14-16/h3-9,14,20H,10-13,15H2,1-2H3,(H,23,26)/t20-/m0/s1. The number of hydrogen-bond acceptors (Lipinski definition) is 4. The van der Waals surface area contributed by atoms with E-state index >= 15 is 0 Å². The molecule has 1 heterocycles. The predicted octanol–water partition coefficient (Wildman–Crippen LogP) is 2.44. The molecule has 2 aromatic rings. The van der Waals surface area contributed by atoms with Crippen LogP contribution in [0.4, 0.5) is 4.39 Å². The average molecular weight is 371 g/mol. The number of halogens is 1. The number of piperazine rings is 1. The molecule has 6 heteroatoms. The number of para-hydroxylation sites is 1. The number of hydrogen-bond donors (Lipinski definition) is 1. The first-order valence-electron chi connectivity index (χ1n) is 9.17. The van der Waals surface area contributed by atoms with Gasteiger partial charge in [-0.1, -0.05) is 30.3 Å². The van der Waals surface area contributed by atoms with Crippen molar-refractivity contribution >= 4 is 5.91 Å². The number of carbonyl (C=O) groups excluding carboxylic acids is 1. The summed E-state index contributed by atoms with van der Waals surface area (Å²) in [7, 11) is 4.01. The number of carbonyl (C=O) groups is 1. The zero-order chi connectivity index (χ0) is 19.2. The molecule has 0 radical (unpaired) electrons. The van der Waals surface area contributed by atoms with Crippen molar-refractivity contribution in [3.8, 4) is 5.75 Å². The lowest BCUT2D eigenvalue weighted by atomic mass is 10.0. The fourth-order valence-corrected chi connectivity index (χ4v) is 3.26. The van der Waals surface area contributed by atoms with Gasteiger partial charge in [0.15, 0.2) is 0 Å². The van der Waals surface area contributed by atoms with Crippen LogP contribution in [0, 0.1) is 5.82 Å². The highest BCUT2D eigenvalue weighted by Crippen LogP contribution is 2.28. The Balaban J connectivity index is 1.79. The Morgan fingerprint density at radius 1 is 1.22 bits per heavy atom. The highest BCUT2D eigenvalue weighted by molar-refractivity contribution is 5.83. The lowest BCUT2D eigenvalue weighted by Gasteiger charge is -2.35. The number of nitrogens with zero attached hydrogens (tertiary/aromatic N) is 2. The molecule has 1 aliphatic heterocycles. The first kappa shape index (κ1) is 19.3. The highest BCUT2D eigenvalue weighted by atomic mass is 19.1. The first-order valence-corrected chi connectivity index (χ1v) is 9.17. The molecule has 0 unspecified atom stereocenters. The van der Waals surface area contributed by atoms with Crippen molar-refractivity contribution in [1.29, 1.82) is 0 Å². The molecule has 1 N–H and O–H groups in total. The van der Waals surface area contributed by atoms with Gasteiger partial charge in [0.05, 0.1) is 0 Å². The van der Waals surface area contributed by atoms with E-state index in [-0.39, 0.29) is 11.7 Å². The van der Waals surface area contributed by atoms with Crippen molar-refractivity contribution < 1.29 is 13.9 Å². The summed E-state index contributed by atoms with van der Waals surface area (Å²) in [5, 5.41) is 2.89. The molecule has 144 valence electrons. The van der Waals surface area contributed by atoms with Gasteiger partial charge in [-0.25, -0.2) is 4.39 Å². The second-order valence-corrected chi connectivity index (χ2v) is 6.98. The van der Waals surface area contributed by atoms with E-state index in [0.29, 0.717) is 31.8 Å². The molecule has 0 saturated carbocycles. The van der Waals surface area contributed by atoms with Crippen LogP contribution in [0.2, 0.25) is 0 Å². The van der Waals surface area contributed by atoms with Gasteiger partial charge in [-0.3, -0.25) is 9.69 Å². The molecule has 0 spiro atoms. The molecule has 5 nitrogen and oxygen atoms in total. The minimum absolute atomic E-state index is 0.0992. The molecule has 1 fully saturated rings. The Labute approximate surface area is 159 Å². The number of ether oxygens (including phenoxy) is 1. The second kappa shape index (κ2) is 8.97. The zero-order valence-corrected chi connectivity index (χ0v) is 15.8. The van der Waals surface area contributed by atoms with Gasteiger partial charge in [0.1, 0.15) is 24.2 Å². The fraction of sp³-hybridized carbons (Fsp3) is 0.381. The fourth-order valence-electron chi connectivity index (χ4n) is 3.26. The summed E-state index contributed by atoms with van der Waals surface area (Å²) in [5.41, 5.74) is 1.69. The summed E-state index contributed by atoms with van der Waals surface area (Å²) in [6.45, 7) is 3.25. The van der Waals surface area contributed by atoms with Crippen molar-refractivity contribution in [2.24, 2.45) is 0 Å². The third-order valence-electron chi connectivity index (χ3n) is 4.62. The van der Waals surface area contributed by atoms with Crippen molar-refractivity contribution in [3.05, 3.63) is 65.5 Å². The minimum Gasteiger partial charge on any atom is -0.492 e. The maximum Gasteiger partial charge on any atom is 0.242 e. The Hall–Kier alpha value is -2.44. The lowest BCUT2D eigenvalue weighted by Crippen LogP contribution is -2.49. The van der Waals surface area contributed by atoms with Gasteiger partial charge in [-0.2, -0.15) is 0 Å². The molecule has 2 aromatic carbocycles. The van der Waals surface area contributed by atoms with Crippen LogP contribution in [-0.4, -0.2) is 56.0 Å². The average Bonchev–Trinajstić information content (AvgIpc) is 2.63. The van der Waals surface area contributed by atoms with Crippen LogP contribution in [-0.2, 0) is 11.3 Å². The number of nitrogens with one attached hydrogen (secondary N) is 1. The van der Waals surface area contributed by atoms with Crippen molar-refractivity contribution in [2.75, 3.05) is 40.3 Å². The van der Waals surface area contributed by atoms with E-state index in [0.717, 1.165) is 17.9 Å². The van der Waals surface area contributed by atoms with Crippen LogP contribution >= 0.6 is 0 Å². The van der Waals surface area contributed by atoms with Crippen LogP contribution in [0.25, 0.3) is 0 Å². The number of likely N-dealkylation sites (N-methyl/N-ethyl adjacent to an activating group) is 1. The van der Waals surface area contributed by atoms with Gasteiger partial charge in [0.25, 0.3) is 0 Å². The Bertz CT molecular complexity index is 782. The van der Waals surface area contributed by atoms with Crippen molar-refractivity contribution in [2.45, 2.75) is 12.6 Å². The molecular weight excluding hydrogens is 345 g/mol. The van der Waals surface area contributed by atoms with E-state index in [4.69, 9.17) is 4.74 Å². The highest BCUT2D eigenvalue weighted by Gasteiger charge is 2.31. The minimum atomic E-state index is -0.510. The lowest BCUT2D eigenvalue weighted by molar-refractivity contribution is -0.129. The van der Waals surface area contributed by atoms with Crippen LogP contribution in [0.1, 0.15) is 17.2 Å². The Kier molecular flexibility index (Phi) is 6.42. The van der Waals surface area contributed by atoms with E-state index in [2.05, 4.69) is 15.1 Å². The van der Waals surface area contributed by atoms with E-state index in [1.807, 2.05) is 38.4 Å². The predicted molar refractivity (Wildman–Crippen MR) is 103 cm³/mol. The summed E-state index contributed by atoms with van der Waals surface area (Å²) in [6, 6.07) is 13.6. The van der Waals surface area contributed by atoms with E-state index in [1.165, 1.54) is 12.1 Å². The molecule has 1 amide bonds. The largest absolute Gasteiger partial charge is 0.492 e. The Morgan fingerprint density at radius 3 is 2.81 bits per heavy atom. The maximum absolute atomic E-state index is 13.7. The quantitative estimate of drug-likeness (QED) is 0.812. The summed E-state index contributed by atoms with van der Waals surface area (Å²) in [6.07, 6.45) is 0. The maximum atomic E-state index is 13.7. The third kappa shape index (κ3) is 5.05. The number of benzene rings is 2. The normalized spacial score (nSPS) is 17.8. The molecule has 3 rings (SSSR count). The first-order chi connectivity index (χ1) is 13.0. The van der Waals surface area contributed by atoms with Crippen LogP contribution < -0.4 is 10.1 Å². The van der Waals surface area contributed by atoms with Crippen LogP contribution in [0.5, 0.6) is 5.75 Å². The molecule has 1 aliphatic rings. The van der Waals surface area contributed by atoms with E-state index in [9.17, 15) is 9.18 Å². The Morgan fingerprint density at radius 2 is 2.04 bits per heavy atom.